The molecule has 5 heteroatoms. The summed E-state index contributed by atoms with van der Waals surface area (Å²) >= 11 is 0. The minimum Gasteiger partial charge on any atom is -0.493 e. The molecule has 0 radical (unpaired) electrons. The second kappa shape index (κ2) is 5.93. The van der Waals surface area contributed by atoms with Crippen LogP contribution in [0.4, 0.5) is 0 Å². The summed E-state index contributed by atoms with van der Waals surface area (Å²) < 4.78 is 10.5. The fourth-order valence-corrected chi connectivity index (χ4v) is 2.24. The van der Waals surface area contributed by atoms with Gasteiger partial charge < -0.3 is 19.7 Å². The summed E-state index contributed by atoms with van der Waals surface area (Å²) in [5.74, 6) is 1.53. The van der Waals surface area contributed by atoms with Gasteiger partial charge in [-0.25, -0.2) is 0 Å². The van der Waals surface area contributed by atoms with Crippen molar-refractivity contribution in [2.24, 2.45) is 0 Å². The van der Waals surface area contributed by atoms with Crippen LogP contribution in [0.25, 0.3) is 0 Å². The summed E-state index contributed by atoms with van der Waals surface area (Å²) in [5.41, 5.74) is 1.04. The van der Waals surface area contributed by atoms with Crippen LogP contribution in [0.1, 0.15) is 12.5 Å². The Hall–Kier alpha value is -1.75. The van der Waals surface area contributed by atoms with E-state index >= 15 is 0 Å². The van der Waals surface area contributed by atoms with Crippen LogP contribution in [0.2, 0.25) is 0 Å². The molecule has 5 nitrogen and oxygen atoms in total. The van der Waals surface area contributed by atoms with Gasteiger partial charge in [-0.1, -0.05) is 6.07 Å². The van der Waals surface area contributed by atoms with E-state index in [9.17, 15) is 4.79 Å². The molecule has 0 aromatic heterocycles. The van der Waals surface area contributed by atoms with Gasteiger partial charge in [0, 0.05) is 19.6 Å². The highest BCUT2D eigenvalue weighted by Gasteiger charge is 2.24. The number of benzene rings is 1. The molecule has 1 amide bonds. The zero-order valence-electron chi connectivity index (χ0n) is 11.6. The number of nitrogens with zero attached hydrogens (tertiary/aromatic N) is 1. The molecule has 1 unspecified atom stereocenters. The predicted octanol–water partition coefficient (Wildman–Crippen LogP) is 1.02. The van der Waals surface area contributed by atoms with E-state index in [1.54, 1.807) is 14.2 Å². The van der Waals surface area contributed by atoms with Crippen LogP contribution in [0.5, 0.6) is 11.5 Å². The minimum absolute atomic E-state index is 0.103. The first-order valence-corrected chi connectivity index (χ1v) is 6.38. The Balaban J connectivity index is 2.12. The minimum atomic E-state index is -0.103. The molecule has 104 valence electrons. The number of ether oxygens (including phenoxy) is 2. The van der Waals surface area contributed by atoms with Crippen molar-refractivity contribution in [1.82, 2.24) is 10.2 Å². The molecule has 1 atom stereocenters. The zero-order valence-corrected chi connectivity index (χ0v) is 11.6. The number of carbonyl (C=O) groups is 1. The van der Waals surface area contributed by atoms with E-state index in [0.717, 1.165) is 18.7 Å². The molecule has 19 heavy (non-hydrogen) atoms. The van der Waals surface area contributed by atoms with Crippen LogP contribution < -0.4 is 14.8 Å². The van der Waals surface area contributed by atoms with Crippen molar-refractivity contribution in [1.29, 1.82) is 0 Å². The summed E-state index contributed by atoms with van der Waals surface area (Å²) in [6, 6.07) is 5.64. The molecule has 1 fully saturated rings. The van der Waals surface area contributed by atoms with Gasteiger partial charge in [0.15, 0.2) is 11.5 Å². The third-order valence-electron chi connectivity index (χ3n) is 3.34. The molecular formula is C14H20N2O3. The normalized spacial score (nSPS) is 19.4. The number of hydrogen-bond donors (Lipinski definition) is 1. The Morgan fingerprint density at radius 3 is 2.74 bits per heavy atom. The lowest BCUT2D eigenvalue weighted by Crippen LogP contribution is -2.53. The molecule has 1 saturated heterocycles. The van der Waals surface area contributed by atoms with Gasteiger partial charge in [0.25, 0.3) is 0 Å². The molecule has 1 aliphatic heterocycles. The van der Waals surface area contributed by atoms with Crippen LogP contribution in [-0.2, 0) is 11.3 Å². The monoisotopic (exact) mass is 264 g/mol. The Labute approximate surface area is 113 Å². The molecule has 1 aromatic rings. The highest BCUT2D eigenvalue weighted by Crippen LogP contribution is 2.28. The average molecular weight is 264 g/mol. The molecule has 1 aliphatic rings. The van der Waals surface area contributed by atoms with Crippen molar-refractivity contribution in [3.8, 4) is 11.5 Å². The van der Waals surface area contributed by atoms with E-state index in [-0.39, 0.29) is 11.9 Å². The van der Waals surface area contributed by atoms with E-state index < -0.39 is 0 Å². The number of nitrogens with one attached hydrogen (secondary N) is 1. The number of piperazine rings is 1. The van der Waals surface area contributed by atoms with E-state index in [1.807, 2.05) is 30.0 Å². The predicted molar refractivity (Wildman–Crippen MR) is 72.4 cm³/mol. The summed E-state index contributed by atoms with van der Waals surface area (Å²) in [5, 5.41) is 3.15. The maximum Gasteiger partial charge on any atom is 0.239 e. The number of amides is 1. The molecule has 1 aromatic carbocycles. The van der Waals surface area contributed by atoms with Crippen molar-refractivity contribution in [2.75, 3.05) is 27.3 Å². The van der Waals surface area contributed by atoms with Gasteiger partial charge in [0.2, 0.25) is 5.91 Å². The number of hydrogen-bond acceptors (Lipinski definition) is 4. The smallest absolute Gasteiger partial charge is 0.239 e. The largest absolute Gasteiger partial charge is 0.493 e. The first-order chi connectivity index (χ1) is 9.15. The van der Waals surface area contributed by atoms with Crippen LogP contribution >= 0.6 is 0 Å². The molecule has 0 bridgehead atoms. The molecular weight excluding hydrogens is 244 g/mol. The van der Waals surface area contributed by atoms with Crippen molar-refractivity contribution in [2.45, 2.75) is 19.5 Å². The van der Waals surface area contributed by atoms with E-state index in [0.29, 0.717) is 18.0 Å². The Morgan fingerprint density at radius 1 is 1.32 bits per heavy atom. The number of methoxy groups -OCH3 is 2. The lowest BCUT2D eigenvalue weighted by Gasteiger charge is -2.31. The highest BCUT2D eigenvalue weighted by molar-refractivity contribution is 5.82. The number of carbonyl (C=O) groups excluding carboxylic acids is 1. The standard InChI is InChI=1S/C14H20N2O3/c1-10-14(17)16(7-6-15-10)9-11-4-5-12(18-2)13(8-11)19-3/h4-5,8,10,15H,6-7,9H2,1-3H3. The van der Waals surface area contributed by atoms with Crippen LogP contribution in [-0.4, -0.2) is 44.2 Å². The lowest BCUT2D eigenvalue weighted by molar-refractivity contribution is -0.135. The molecule has 1 heterocycles. The van der Waals surface area contributed by atoms with Crippen LogP contribution in [0.15, 0.2) is 18.2 Å². The zero-order chi connectivity index (χ0) is 13.8. The van der Waals surface area contributed by atoms with Crippen molar-refractivity contribution < 1.29 is 14.3 Å². The van der Waals surface area contributed by atoms with Gasteiger partial charge in [-0.2, -0.15) is 0 Å². The third-order valence-corrected chi connectivity index (χ3v) is 3.34. The summed E-state index contributed by atoms with van der Waals surface area (Å²) in [6.45, 7) is 4.06. The van der Waals surface area contributed by atoms with Crippen molar-refractivity contribution in [3.05, 3.63) is 23.8 Å². The first kappa shape index (κ1) is 13.7. The Kier molecular flexibility index (Phi) is 4.27. The lowest BCUT2D eigenvalue weighted by atomic mass is 10.1. The van der Waals surface area contributed by atoms with Gasteiger partial charge in [-0.15, -0.1) is 0 Å². The van der Waals surface area contributed by atoms with Gasteiger partial charge in [-0.05, 0) is 24.6 Å². The summed E-state index contributed by atoms with van der Waals surface area (Å²) in [7, 11) is 3.22. The van der Waals surface area contributed by atoms with Crippen molar-refractivity contribution in [3.63, 3.8) is 0 Å². The summed E-state index contributed by atoms with van der Waals surface area (Å²) in [4.78, 5) is 13.9. The number of rotatable bonds is 4. The van der Waals surface area contributed by atoms with Gasteiger partial charge in [0.05, 0.1) is 20.3 Å². The quantitative estimate of drug-likeness (QED) is 0.882. The SMILES string of the molecule is COc1ccc(CN2CCNC(C)C2=O)cc1OC. The van der Waals surface area contributed by atoms with Crippen LogP contribution in [0, 0.1) is 0 Å². The highest BCUT2D eigenvalue weighted by atomic mass is 16.5. The fourth-order valence-electron chi connectivity index (χ4n) is 2.24. The van der Waals surface area contributed by atoms with Gasteiger partial charge in [-0.3, -0.25) is 4.79 Å². The molecule has 1 N–H and O–H groups in total. The first-order valence-electron chi connectivity index (χ1n) is 6.38. The van der Waals surface area contributed by atoms with Gasteiger partial charge in [0.1, 0.15) is 0 Å². The Morgan fingerprint density at radius 2 is 2.05 bits per heavy atom. The maximum atomic E-state index is 12.0. The third kappa shape index (κ3) is 2.98. The van der Waals surface area contributed by atoms with E-state index in [4.69, 9.17) is 9.47 Å². The van der Waals surface area contributed by atoms with Crippen molar-refractivity contribution >= 4 is 5.91 Å². The van der Waals surface area contributed by atoms with E-state index in [2.05, 4.69) is 5.32 Å². The molecule has 0 spiro atoms. The Bertz CT molecular complexity index is 462. The molecule has 0 aliphatic carbocycles. The maximum absolute atomic E-state index is 12.0. The van der Waals surface area contributed by atoms with E-state index in [1.165, 1.54) is 0 Å². The average Bonchev–Trinajstić information content (AvgIpc) is 2.43. The summed E-state index contributed by atoms with van der Waals surface area (Å²) in [6.07, 6.45) is 0. The van der Waals surface area contributed by atoms with Gasteiger partial charge >= 0.3 is 0 Å². The molecule has 0 saturated carbocycles. The fraction of sp³-hybridized carbons (Fsp3) is 0.500. The molecule has 2 rings (SSSR count). The second-order valence-electron chi connectivity index (χ2n) is 4.62. The van der Waals surface area contributed by atoms with Crippen LogP contribution in [0.3, 0.4) is 0 Å². The second-order valence-corrected chi connectivity index (χ2v) is 4.62. The topological polar surface area (TPSA) is 50.8 Å².